The van der Waals surface area contributed by atoms with Crippen molar-refractivity contribution < 1.29 is 5.11 Å². The molecule has 2 nitrogen and oxygen atoms in total. The van der Waals surface area contributed by atoms with Crippen LogP contribution >= 0.6 is 0 Å². The molecule has 0 aliphatic carbocycles. The van der Waals surface area contributed by atoms with Gasteiger partial charge in [0, 0.05) is 6.04 Å². The van der Waals surface area contributed by atoms with Crippen molar-refractivity contribution in [3.8, 4) is 0 Å². The van der Waals surface area contributed by atoms with Crippen molar-refractivity contribution >= 4 is 0 Å². The highest BCUT2D eigenvalue weighted by Crippen LogP contribution is 2.12. The summed E-state index contributed by atoms with van der Waals surface area (Å²) in [5, 5.41) is 8.94. The van der Waals surface area contributed by atoms with Crippen molar-refractivity contribution in [1.29, 1.82) is 0 Å². The maximum atomic E-state index is 8.94. The van der Waals surface area contributed by atoms with Gasteiger partial charge in [0.1, 0.15) is 0 Å². The Morgan fingerprint density at radius 3 is 2.50 bits per heavy atom. The van der Waals surface area contributed by atoms with Crippen LogP contribution in [0, 0.1) is 5.92 Å². The molecular formula is C12H17NO. The van der Waals surface area contributed by atoms with Crippen molar-refractivity contribution in [3.05, 3.63) is 48.6 Å². The first-order chi connectivity index (χ1) is 6.77. The molecule has 0 amide bonds. The number of aliphatic hydroxyl groups is 1. The Bertz CT molecular complexity index is 271. The molecule has 0 saturated carbocycles. The zero-order valence-corrected chi connectivity index (χ0v) is 8.26. The van der Waals surface area contributed by atoms with Crippen LogP contribution in [0.15, 0.2) is 43.0 Å². The van der Waals surface area contributed by atoms with Crippen LogP contribution in [0.4, 0.5) is 0 Å². The lowest BCUT2D eigenvalue weighted by molar-refractivity contribution is 0.241. The van der Waals surface area contributed by atoms with Gasteiger partial charge in [0.15, 0.2) is 0 Å². The number of hydrogen-bond acceptors (Lipinski definition) is 2. The van der Waals surface area contributed by atoms with E-state index in [-0.39, 0.29) is 18.6 Å². The predicted octanol–water partition coefficient (Wildman–Crippen LogP) is 1.35. The normalized spacial score (nSPS) is 14.7. The fraction of sp³-hybridized carbons (Fsp3) is 0.333. The van der Waals surface area contributed by atoms with Crippen LogP contribution < -0.4 is 5.73 Å². The largest absolute Gasteiger partial charge is 0.395 e. The highest BCUT2D eigenvalue weighted by Gasteiger charge is 2.13. The zero-order chi connectivity index (χ0) is 10.4. The van der Waals surface area contributed by atoms with Crippen LogP contribution in [0.25, 0.3) is 0 Å². The molecule has 0 aromatic heterocycles. The molecule has 0 radical (unpaired) electrons. The Hall–Kier alpha value is -1.12. The predicted molar refractivity (Wildman–Crippen MR) is 58.9 cm³/mol. The summed E-state index contributed by atoms with van der Waals surface area (Å²) < 4.78 is 0. The van der Waals surface area contributed by atoms with Gasteiger partial charge in [-0.3, -0.25) is 0 Å². The van der Waals surface area contributed by atoms with Gasteiger partial charge >= 0.3 is 0 Å². The lowest BCUT2D eigenvalue weighted by Gasteiger charge is -2.18. The van der Waals surface area contributed by atoms with Gasteiger partial charge in [0.25, 0.3) is 0 Å². The molecule has 14 heavy (non-hydrogen) atoms. The van der Waals surface area contributed by atoms with Gasteiger partial charge in [-0.1, -0.05) is 36.4 Å². The second-order valence-corrected chi connectivity index (χ2v) is 3.44. The van der Waals surface area contributed by atoms with E-state index in [4.69, 9.17) is 10.8 Å². The zero-order valence-electron chi connectivity index (χ0n) is 8.26. The molecular weight excluding hydrogens is 174 g/mol. The molecule has 2 atom stereocenters. The second kappa shape index (κ2) is 5.58. The van der Waals surface area contributed by atoms with Gasteiger partial charge in [-0.25, -0.2) is 0 Å². The van der Waals surface area contributed by atoms with Crippen molar-refractivity contribution in [2.75, 3.05) is 6.61 Å². The summed E-state index contributed by atoms with van der Waals surface area (Å²) in [5.74, 6) is 0.141. The lowest BCUT2D eigenvalue weighted by Crippen LogP contribution is -2.33. The van der Waals surface area contributed by atoms with Crippen molar-refractivity contribution in [1.82, 2.24) is 0 Å². The Balaban J connectivity index is 2.61. The summed E-state index contributed by atoms with van der Waals surface area (Å²) in [6.45, 7) is 3.74. The molecule has 1 aromatic rings. The van der Waals surface area contributed by atoms with Crippen LogP contribution in [-0.4, -0.2) is 17.8 Å². The van der Waals surface area contributed by atoms with Gasteiger partial charge in [-0.2, -0.15) is 0 Å². The molecule has 1 aromatic carbocycles. The molecule has 3 N–H and O–H groups in total. The van der Waals surface area contributed by atoms with Gasteiger partial charge in [0.05, 0.1) is 6.61 Å². The third-order valence-electron chi connectivity index (χ3n) is 2.38. The van der Waals surface area contributed by atoms with E-state index in [9.17, 15) is 0 Å². The molecule has 2 heteroatoms. The summed E-state index contributed by atoms with van der Waals surface area (Å²) in [6, 6.07) is 9.88. The number of nitrogens with two attached hydrogens (primary N) is 1. The molecule has 0 aliphatic rings. The van der Waals surface area contributed by atoms with Crippen LogP contribution in [0.5, 0.6) is 0 Å². The Morgan fingerprint density at radius 1 is 1.36 bits per heavy atom. The number of aliphatic hydroxyl groups excluding tert-OH is 1. The van der Waals surface area contributed by atoms with Gasteiger partial charge in [-0.15, -0.1) is 6.58 Å². The molecule has 0 saturated heterocycles. The Morgan fingerprint density at radius 2 is 2.00 bits per heavy atom. The van der Waals surface area contributed by atoms with E-state index in [1.54, 1.807) is 0 Å². The fourth-order valence-electron chi connectivity index (χ4n) is 1.43. The Kier molecular flexibility index (Phi) is 4.36. The summed E-state index contributed by atoms with van der Waals surface area (Å²) in [7, 11) is 0. The van der Waals surface area contributed by atoms with E-state index < -0.39 is 0 Å². The van der Waals surface area contributed by atoms with Crippen molar-refractivity contribution in [3.63, 3.8) is 0 Å². The first-order valence-corrected chi connectivity index (χ1v) is 4.81. The van der Waals surface area contributed by atoms with E-state index in [0.717, 1.165) is 6.42 Å². The first-order valence-electron chi connectivity index (χ1n) is 4.81. The average Bonchev–Trinajstić information content (AvgIpc) is 2.26. The summed E-state index contributed by atoms with van der Waals surface area (Å²) in [5.41, 5.74) is 6.98. The molecule has 2 unspecified atom stereocenters. The second-order valence-electron chi connectivity index (χ2n) is 3.44. The molecule has 0 spiro atoms. The Labute approximate surface area is 85.1 Å². The average molecular weight is 191 g/mol. The highest BCUT2D eigenvalue weighted by atomic mass is 16.3. The summed E-state index contributed by atoms with van der Waals surface area (Å²) >= 11 is 0. The SMILES string of the molecule is C=CC(Cc1ccccc1)C(N)CO. The maximum absolute atomic E-state index is 8.94. The minimum Gasteiger partial charge on any atom is -0.395 e. The van der Waals surface area contributed by atoms with Crippen molar-refractivity contribution in [2.45, 2.75) is 12.5 Å². The molecule has 0 heterocycles. The smallest absolute Gasteiger partial charge is 0.0588 e. The van der Waals surface area contributed by atoms with E-state index in [0.29, 0.717) is 0 Å². The third-order valence-corrected chi connectivity index (χ3v) is 2.38. The van der Waals surface area contributed by atoms with Gasteiger partial charge in [-0.05, 0) is 17.9 Å². The monoisotopic (exact) mass is 191 g/mol. The maximum Gasteiger partial charge on any atom is 0.0588 e. The van der Waals surface area contributed by atoms with Crippen LogP contribution in [0.2, 0.25) is 0 Å². The standard InChI is InChI=1S/C12H17NO/c1-2-11(12(13)9-14)8-10-6-4-3-5-7-10/h2-7,11-12,14H,1,8-9,13H2. The number of rotatable bonds is 5. The topological polar surface area (TPSA) is 46.2 Å². The van der Waals surface area contributed by atoms with Crippen LogP contribution in [0.1, 0.15) is 5.56 Å². The fourth-order valence-corrected chi connectivity index (χ4v) is 1.43. The first kappa shape index (κ1) is 11.0. The molecule has 0 fully saturated rings. The quantitative estimate of drug-likeness (QED) is 0.690. The van der Waals surface area contributed by atoms with Crippen LogP contribution in [-0.2, 0) is 6.42 Å². The lowest BCUT2D eigenvalue weighted by atomic mass is 9.93. The van der Waals surface area contributed by atoms with Crippen molar-refractivity contribution in [2.24, 2.45) is 11.7 Å². The molecule has 76 valence electrons. The highest BCUT2D eigenvalue weighted by molar-refractivity contribution is 5.16. The van der Waals surface area contributed by atoms with Crippen LogP contribution in [0.3, 0.4) is 0 Å². The third kappa shape index (κ3) is 2.98. The number of hydrogen-bond donors (Lipinski definition) is 2. The van der Waals surface area contributed by atoms with E-state index >= 15 is 0 Å². The van der Waals surface area contributed by atoms with Gasteiger partial charge < -0.3 is 10.8 Å². The van der Waals surface area contributed by atoms with Gasteiger partial charge in [0.2, 0.25) is 0 Å². The minimum atomic E-state index is -0.215. The summed E-state index contributed by atoms with van der Waals surface area (Å²) in [6.07, 6.45) is 2.65. The molecule has 1 rings (SSSR count). The van der Waals surface area contributed by atoms with E-state index in [1.807, 2.05) is 24.3 Å². The van der Waals surface area contributed by atoms with E-state index in [2.05, 4.69) is 18.7 Å². The minimum absolute atomic E-state index is 0.00349. The van der Waals surface area contributed by atoms with E-state index in [1.165, 1.54) is 5.56 Å². The molecule has 0 aliphatic heterocycles. The summed E-state index contributed by atoms with van der Waals surface area (Å²) in [4.78, 5) is 0. The number of benzene rings is 1. The molecule has 0 bridgehead atoms.